The summed E-state index contributed by atoms with van der Waals surface area (Å²) in [4.78, 5) is 11.4. The first-order chi connectivity index (χ1) is 10.7. The van der Waals surface area contributed by atoms with Gasteiger partial charge in [-0.3, -0.25) is 0 Å². The van der Waals surface area contributed by atoms with Crippen LogP contribution in [0.5, 0.6) is 5.75 Å². The molecule has 1 aliphatic carbocycles. The molecule has 0 spiro atoms. The van der Waals surface area contributed by atoms with E-state index in [2.05, 4.69) is 19.1 Å². The number of unbranched alkanes of at least 4 members (excludes halogenated alkanes) is 1. The van der Waals surface area contributed by atoms with E-state index < -0.39 is 0 Å². The molecule has 0 N–H and O–H groups in total. The van der Waals surface area contributed by atoms with E-state index in [0.29, 0.717) is 0 Å². The second-order valence-corrected chi connectivity index (χ2v) is 5.50. The molecule has 0 bridgehead atoms. The van der Waals surface area contributed by atoms with Crippen LogP contribution in [0.3, 0.4) is 0 Å². The second kappa shape index (κ2) is 7.83. The van der Waals surface area contributed by atoms with Gasteiger partial charge in [0.05, 0.1) is 14.2 Å². The molecule has 0 aliphatic heterocycles. The Bertz CT molecular complexity index is 597. The number of ether oxygens (including phenoxy) is 2. The van der Waals surface area contributed by atoms with E-state index in [1.54, 1.807) is 7.11 Å². The van der Waals surface area contributed by atoms with E-state index in [1.165, 1.54) is 48.3 Å². The summed E-state index contributed by atoms with van der Waals surface area (Å²) in [7, 11) is 3.09. The zero-order valence-corrected chi connectivity index (χ0v) is 13.6. The van der Waals surface area contributed by atoms with Crippen molar-refractivity contribution < 1.29 is 14.3 Å². The zero-order chi connectivity index (χ0) is 15.9. The first kappa shape index (κ1) is 16.3. The van der Waals surface area contributed by atoms with Gasteiger partial charge in [-0.1, -0.05) is 25.0 Å². The number of hydrogen-bond acceptors (Lipinski definition) is 3. The molecule has 3 nitrogen and oxygen atoms in total. The van der Waals surface area contributed by atoms with Gasteiger partial charge in [-0.2, -0.15) is 0 Å². The van der Waals surface area contributed by atoms with Gasteiger partial charge in [-0.25, -0.2) is 4.79 Å². The minimum absolute atomic E-state index is 0.317. The van der Waals surface area contributed by atoms with Gasteiger partial charge in [0.1, 0.15) is 5.75 Å². The smallest absolute Gasteiger partial charge is 0.330 e. The topological polar surface area (TPSA) is 35.5 Å². The first-order valence-electron chi connectivity index (χ1n) is 7.85. The van der Waals surface area contributed by atoms with Gasteiger partial charge in [0.2, 0.25) is 0 Å². The first-order valence-corrected chi connectivity index (χ1v) is 7.85. The third-order valence-corrected chi connectivity index (χ3v) is 4.10. The Balaban J connectivity index is 2.40. The SMILES string of the molecule is CCCCC1=C(/C=C/C(=O)OC)c2ccc(OC)cc2CC1. The van der Waals surface area contributed by atoms with Crippen LogP contribution in [0.25, 0.3) is 5.57 Å². The van der Waals surface area contributed by atoms with Crippen molar-refractivity contribution in [2.24, 2.45) is 0 Å². The molecule has 1 aliphatic rings. The molecule has 3 heteroatoms. The number of methoxy groups -OCH3 is 2. The minimum atomic E-state index is -0.317. The number of carbonyl (C=O) groups is 1. The molecule has 0 unspecified atom stereocenters. The Hall–Kier alpha value is -2.03. The molecule has 1 aromatic carbocycles. The molecule has 118 valence electrons. The van der Waals surface area contributed by atoms with Gasteiger partial charge >= 0.3 is 5.97 Å². The average molecular weight is 300 g/mol. The summed E-state index contributed by atoms with van der Waals surface area (Å²) in [5, 5.41) is 0. The number of esters is 1. The Labute approximate surface area is 132 Å². The van der Waals surface area contributed by atoms with Gasteiger partial charge in [0.25, 0.3) is 0 Å². The molecule has 1 aromatic rings. The van der Waals surface area contributed by atoms with Crippen LogP contribution in [0.1, 0.15) is 43.7 Å². The highest BCUT2D eigenvalue weighted by molar-refractivity contribution is 5.89. The molecule has 2 rings (SSSR count). The van der Waals surface area contributed by atoms with E-state index in [4.69, 9.17) is 9.47 Å². The summed E-state index contributed by atoms with van der Waals surface area (Å²) < 4.78 is 10.0. The molecular formula is C19H24O3. The fourth-order valence-electron chi connectivity index (χ4n) is 2.85. The van der Waals surface area contributed by atoms with E-state index in [9.17, 15) is 4.79 Å². The zero-order valence-electron chi connectivity index (χ0n) is 13.6. The lowest BCUT2D eigenvalue weighted by atomic mass is 9.83. The van der Waals surface area contributed by atoms with Crippen LogP contribution in [0.2, 0.25) is 0 Å². The lowest BCUT2D eigenvalue weighted by Gasteiger charge is -2.22. The molecule has 0 atom stereocenters. The number of benzene rings is 1. The van der Waals surface area contributed by atoms with Crippen LogP contribution >= 0.6 is 0 Å². The molecule has 0 heterocycles. The molecular weight excluding hydrogens is 276 g/mol. The van der Waals surface area contributed by atoms with E-state index in [-0.39, 0.29) is 5.97 Å². The molecule has 0 aromatic heterocycles. The Morgan fingerprint density at radius 3 is 2.77 bits per heavy atom. The largest absolute Gasteiger partial charge is 0.497 e. The predicted octanol–water partition coefficient (Wildman–Crippen LogP) is 4.31. The average Bonchev–Trinajstić information content (AvgIpc) is 2.57. The number of hydrogen-bond donors (Lipinski definition) is 0. The van der Waals surface area contributed by atoms with Crippen molar-refractivity contribution in [1.82, 2.24) is 0 Å². The summed E-state index contributed by atoms with van der Waals surface area (Å²) in [5.41, 5.74) is 5.09. The molecule has 0 saturated carbocycles. The van der Waals surface area contributed by atoms with Crippen LogP contribution in [-0.4, -0.2) is 20.2 Å². The van der Waals surface area contributed by atoms with E-state index >= 15 is 0 Å². The summed E-state index contributed by atoms with van der Waals surface area (Å²) >= 11 is 0. The summed E-state index contributed by atoms with van der Waals surface area (Å²) in [6, 6.07) is 6.17. The maximum atomic E-state index is 11.4. The minimum Gasteiger partial charge on any atom is -0.497 e. The highest BCUT2D eigenvalue weighted by Gasteiger charge is 2.17. The number of fused-ring (bicyclic) bond motifs is 1. The van der Waals surface area contributed by atoms with Gasteiger partial charge in [-0.15, -0.1) is 0 Å². The maximum absolute atomic E-state index is 11.4. The maximum Gasteiger partial charge on any atom is 0.330 e. The van der Waals surface area contributed by atoms with Crippen LogP contribution < -0.4 is 4.74 Å². The van der Waals surface area contributed by atoms with Crippen LogP contribution in [-0.2, 0) is 16.0 Å². The normalized spacial score (nSPS) is 14.1. The second-order valence-electron chi connectivity index (χ2n) is 5.50. The highest BCUT2D eigenvalue weighted by atomic mass is 16.5. The van der Waals surface area contributed by atoms with Crippen molar-refractivity contribution in [1.29, 1.82) is 0 Å². The Morgan fingerprint density at radius 1 is 1.27 bits per heavy atom. The quantitative estimate of drug-likeness (QED) is 0.580. The van der Waals surface area contributed by atoms with Crippen molar-refractivity contribution in [3.8, 4) is 5.75 Å². The van der Waals surface area contributed by atoms with Crippen molar-refractivity contribution >= 4 is 11.5 Å². The number of aryl methyl sites for hydroxylation is 1. The number of allylic oxidation sites excluding steroid dienone is 3. The molecule has 0 amide bonds. The standard InChI is InChI=1S/C19H24O3/c1-4-5-6-14-7-8-15-13-16(21-2)9-10-18(15)17(14)11-12-19(20)22-3/h9-13H,4-8H2,1-3H3/b12-11+. The highest BCUT2D eigenvalue weighted by Crippen LogP contribution is 2.36. The van der Waals surface area contributed by atoms with Crippen molar-refractivity contribution in [3.63, 3.8) is 0 Å². The molecule has 22 heavy (non-hydrogen) atoms. The summed E-state index contributed by atoms with van der Waals surface area (Å²) in [6.45, 7) is 2.20. The Kier molecular flexibility index (Phi) is 5.82. The fourth-order valence-corrected chi connectivity index (χ4v) is 2.85. The predicted molar refractivity (Wildman–Crippen MR) is 88.9 cm³/mol. The molecule has 0 fully saturated rings. The van der Waals surface area contributed by atoms with Crippen molar-refractivity contribution in [2.75, 3.05) is 14.2 Å². The number of rotatable bonds is 6. The summed E-state index contributed by atoms with van der Waals surface area (Å²) in [6.07, 6.45) is 8.93. The fraction of sp³-hybridized carbons (Fsp3) is 0.421. The summed E-state index contributed by atoms with van der Waals surface area (Å²) in [5.74, 6) is 0.565. The van der Waals surface area contributed by atoms with Crippen molar-refractivity contribution in [2.45, 2.75) is 39.0 Å². The third-order valence-electron chi connectivity index (χ3n) is 4.10. The van der Waals surface area contributed by atoms with Crippen LogP contribution in [0.4, 0.5) is 0 Å². The van der Waals surface area contributed by atoms with Gasteiger partial charge in [0, 0.05) is 6.08 Å². The lowest BCUT2D eigenvalue weighted by molar-refractivity contribution is -0.134. The van der Waals surface area contributed by atoms with Gasteiger partial charge in [0.15, 0.2) is 0 Å². The molecule has 0 radical (unpaired) electrons. The molecule has 0 saturated heterocycles. The van der Waals surface area contributed by atoms with Crippen LogP contribution in [0, 0.1) is 0 Å². The Morgan fingerprint density at radius 2 is 2.09 bits per heavy atom. The van der Waals surface area contributed by atoms with Gasteiger partial charge in [-0.05, 0) is 60.6 Å². The third kappa shape index (κ3) is 3.79. The van der Waals surface area contributed by atoms with Crippen LogP contribution in [0.15, 0.2) is 35.9 Å². The number of carbonyl (C=O) groups excluding carboxylic acids is 1. The van der Waals surface area contributed by atoms with Gasteiger partial charge < -0.3 is 9.47 Å². The van der Waals surface area contributed by atoms with Crippen molar-refractivity contribution in [3.05, 3.63) is 47.1 Å². The van der Waals surface area contributed by atoms with E-state index in [0.717, 1.165) is 25.0 Å². The monoisotopic (exact) mass is 300 g/mol. The van der Waals surface area contributed by atoms with E-state index in [1.807, 2.05) is 12.1 Å². The lowest BCUT2D eigenvalue weighted by Crippen LogP contribution is -2.05.